The van der Waals surface area contributed by atoms with E-state index in [1.165, 1.54) is 6.42 Å². The van der Waals surface area contributed by atoms with Crippen LogP contribution in [0.25, 0.3) is 0 Å². The molecule has 2 rings (SSSR count). The molecule has 0 aliphatic heterocycles. The topological polar surface area (TPSA) is 61.6 Å². The van der Waals surface area contributed by atoms with Crippen LogP contribution in [0.5, 0.6) is 0 Å². The van der Waals surface area contributed by atoms with Gasteiger partial charge in [0.2, 0.25) is 0 Å². The molecule has 4 heteroatoms. The van der Waals surface area contributed by atoms with Gasteiger partial charge in [0, 0.05) is 5.54 Å². The number of hydrogen-bond donors (Lipinski definition) is 1. The lowest BCUT2D eigenvalue weighted by Gasteiger charge is -2.39. The summed E-state index contributed by atoms with van der Waals surface area (Å²) in [5.41, 5.74) is 2.46. The first-order chi connectivity index (χ1) is 7.56. The molecule has 0 unspecified atom stereocenters. The van der Waals surface area contributed by atoms with Gasteiger partial charge in [0.25, 0.3) is 0 Å². The molecule has 1 aliphatic carbocycles. The molecule has 0 aromatic carbocycles. The van der Waals surface area contributed by atoms with E-state index in [1.54, 1.807) is 0 Å². The van der Waals surface area contributed by atoms with Crippen LogP contribution < -0.4 is 5.32 Å². The van der Waals surface area contributed by atoms with Gasteiger partial charge in [-0.1, -0.05) is 0 Å². The average molecular weight is 216 g/mol. The Labute approximate surface area is 95.7 Å². The number of aromatic nitrogens is 2. The van der Waals surface area contributed by atoms with Crippen LogP contribution in [0, 0.1) is 25.2 Å². The molecule has 0 amide bonds. The number of nitriles is 1. The Morgan fingerprint density at radius 2 is 2.00 bits per heavy atom. The Morgan fingerprint density at radius 1 is 1.31 bits per heavy atom. The molecule has 0 spiro atoms. The smallest absolute Gasteiger partial charge is 0.167 e. The van der Waals surface area contributed by atoms with Crippen LogP contribution in [-0.2, 0) is 0 Å². The minimum absolute atomic E-state index is 0.0992. The quantitative estimate of drug-likeness (QED) is 0.824. The highest BCUT2D eigenvalue weighted by Gasteiger charge is 2.32. The minimum atomic E-state index is 0.0992. The molecule has 1 fully saturated rings. The van der Waals surface area contributed by atoms with Gasteiger partial charge in [0.05, 0.1) is 5.69 Å². The molecule has 84 valence electrons. The summed E-state index contributed by atoms with van der Waals surface area (Å²) in [6.45, 7) is 5.95. The average Bonchev–Trinajstić information content (AvgIpc) is 2.22. The second-order valence-corrected chi connectivity index (χ2v) is 4.79. The molecule has 1 heterocycles. The van der Waals surface area contributed by atoms with Crippen molar-refractivity contribution in [2.45, 2.75) is 45.6 Å². The molecule has 0 radical (unpaired) electrons. The number of aryl methyl sites for hydroxylation is 1. The van der Waals surface area contributed by atoms with Crippen molar-refractivity contribution in [2.24, 2.45) is 0 Å². The van der Waals surface area contributed by atoms with Crippen molar-refractivity contribution >= 4 is 5.82 Å². The van der Waals surface area contributed by atoms with Gasteiger partial charge in [-0.15, -0.1) is 5.10 Å². The second-order valence-electron chi connectivity index (χ2n) is 4.79. The fourth-order valence-corrected chi connectivity index (χ4v) is 1.95. The number of rotatable bonds is 2. The van der Waals surface area contributed by atoms with Crippen LogP contribution in [0.4, 0.5) is 5.82 Å². The third-order valence-corrected chi connectivity index (χ3v) is 3.44. The molecule has 0 atom stereocenters. The molecule has 0 bridgehead atoms. The van der Waals surface area contributed by atoms with Crippen LogP contribution in [0.1, 0.15) is 43.0 Å². The van der Waals surface area contributed by atoms with E-state index in [2.05, 4.69) is 28.5 Å². The Hall–Kier alpha value is -1.63. The van der Waals surface area contributed by atoms with Gasteiger partial charge in [-0.05, 0) is 45.6 Å². The molecular weight excluding hydrogens is 200 g/mol. The fraction of sp³-hybridized carbons (Fsp3) is 0.583. The van der Waals surface area contributed by atoms with Crippen LogP contribution in [0.3, 0.4) is 0 Å². The Morgan fingerprint density at radius 3 is 2.50 bits per heavy atom. The molecule has 4 nitrogen and oxygen atoms in total. The van der Waals surface area contributed by atoms with E-state index in [0.29, 0.717) is 11.4 Å². The summed E-state index contributed by atoms with van der Waals surface area (Å²) in [5, 5.41) is 20.7. The fourth-order valence-electron chi connectivity index (χ4n) is 1.95. The minimum Gasteiger partial charge on any atom is -0.362 e. The van der Waals surface area contributed by atoms with Crippen molar-refractivity contribution in [3.63, 3.8) is 0 Å². The second kappa shape index (κ2) is 3.75. The number of nitrogens with one attached hydrogen (secondary N) is 1. The maximum atomic E-state index is 9.15. The molecule has 1 aliphatic rings. The van der Waals surface area contributed by atoms with Crippen LogP contribution in [0.15, 0.2) is 0 Å². The lowest BCUT2D eigenvalue weighted by molar-refractivity contribution is 0.305. The van der Waals surface area contributed by atoms with Gasteiger partial charge in [-0.3, -0.25) is 0 Å². The van der Waals surface area contributed by atoms with Gasteiger partial charge in [-0.25, -0.2) is 0 Å². The monoisotopic (exact) mass is 216 g/mol. The lowest BCUT2D eigenvalue weighted by Crippen LogP contribution is -2.42. The van der Waals surface area contributed by atoms with Crippen molar-refractivity contribution in [3.8, 4) is 6.07 Å². The van der Waals surface area contributed by atoms with Crippen LogP contribution in [0.2, 0.25) is 0 Å². The molecule has 1 aromatic heterocycles. The van der Waals surface area contributed by atoms with E-state index in [0.717, 1.165) is 24.1 Å². The van der Waals surface area contributed by atoms with Crippen molar-refractivity contribution in [2.75, 3.05) is 5.32 Å². The van der Waals surface area contributed by atoms with Crippen molar-refractivity contribution in [1.29, 1.82) is 5.26 Å². The SMILES string of the molecule is Cc1nnc(NC2(C)CCC2)c(C#N)c1C. The lowest BCUT2D eigenvalue weighted by atomic mass is 9.78. The Bertz CT molecular complexity index is 455. The predicted octanol–water partition coefficient (Wildman–Crippen LogP) is 2.32. The largest absolute Gasteiger partial charge is 0.362 e. The Kier molecular flexibility index (Phi) is 2.55. The molecule has 1 N–H and O–H groups in total. The highest BCUT2D eigenvalue weighted by molar-refractivity contribution is 5.57. The third kappa shape index (κ3) is 1.73. The van der Waals surface area contributed by atoms with Crippen LogP contribution in [-0.4, -0.2) is 15.7 Å². The number of nitrogens with zero attached hydrogens (tertiary/aromatic N) is 3. The normalized spacial score (nSPS) is 17.4. The van der Waals surface area contributed by atoms with Gasteiger partial charge in [-0.2, -0.15) is 10.4 Å². The first-order valence-electron chi connectivity index (χ1n) is 5.58. The van der Waals surface area contributed by atoms with E-state index in [9.17, 15) is 0 Å². The first kappa shape index (κ1) is 10.9. The summed E-state index contributed by atoms with van der Waals surface area (Å²) >= 11 is 0. The highest BCUT2D eigenvalue weighted by Crippen LogP contribution is 2.35. The van der Waals surface area contributed by atoms with Gasteiger partial charge >= 0.3 is 0 Å². The van der Waals surface area contributed by atoms with E-state index in [4.69, 9.17) is 5.26 Å². The van der Waals surface area contributed by atoms with Gasteiger partial charge in [0.1, 0.15) is 11.6 Å². The third-order valence-electron chi connectivity index (χ3n) is 3.44. The summed E-state index contributed by atoms with van der Waals surface area (Å²) in [4.78, 5) is 0. The standard InChI is InChI=1S/C12H16N4/c1-8-9(2)15-16-11(10(8)7-13)14-12(3)5-4-6-12/h4-6H2,1-3H3,(H,14,16). The number of anilines is 1. The molecule has 1 aromatic rings. The van der Waals surface area contributed by atoms with Crippen molar-refractivity contribution in [1.82, 2.24) is 10.2 Å². The van der Waals surface area contributed by atoms with E-state index < -0.39 is 0 Å². The first-order valence-corrected chi connectivity index (χ1v) is 5.58. The highest BCUT2D eigenvalue weighted by atomic mass is 15.2. The summed E-state index contributed by atoms with van der Waals surface area (Å²) in [6.07, 6.45) is 3.50. The summed E-state index contributed by atoms with van der Waals surface area (Å²) in [5.74, 6) is 0.632. The zero-order valence-electron chi connectivity index (χ0n) is 9.96. The Balaban J connectivity index is 2.34. The molecule has 16 heavy (non-hydrogen) atoms. The van der Waals surface area contributed by atoms with Gasteiger partial charge in [0.15, 0.2) is 5.82 Å². The maximum absolute atomic E-state index is 9.15. The maximum Gasteiger partial charge on any atom is 0.167 e. The number of hydrogen-bond acceptors (Lipinski definition) is 4. The van der Waals surface area contributed by atoms with E-state index in [1.807, 2.05) is 13.8 Å². The van der Waals surface area contributed by atoms with Gasteiger partial charge < -0.3 is 5.32 Å². The summed E-state index contributed by atoms with van der Waals surface area (Å²) in [6, 6.07) is 2.21. The van der Waals surface area contributed by atoms with Crippen molar-refractivity contribution < 1.29 is 0 Å². The van der Waals surface area contributed by atoms with E-state index in [-0.39, 0.29) is 5.54 Å². The summed E-state index contributed by atoms with van der Waals surface area (Å²) in [7, 11) is 0. The summed E-state index contributed by atoms with van der Waals surface area (Å²) < 4.78 is 0. The zero-order valence-corrected chi connectivity index (χ0v) is 9.96. The van der Waals surface area contributed by atoms with E-state index >= 15 is 0 Å². The molecular formula is C12H16N4. The molecule has 0 saturated heterocycles. The zero-order chi connectivity index (χ0) is 11.8. The van der Waals surface area contributed by atoms with Crippen LogP contribution >= 0.6 is 0 Å². The predicted molar refractivity (Wildman–Crippen MR) is 62.1 cm³/mol. The van der Waals surface area contributed by atoms with Crippen molar-refractivity contribution in [3.05, 3.63) is 16.8 Å². The molecule has 1 saturated carbocycles.